The molecule has 0 saturated carbocycles. The summed E-state index contributed by atoms with van der Waals surface area (Å²) in [5.74, 6) is 2.21. The highest BCUT2D eigenvalue weighted by Gasteiger charge is 2.22. The molecule has 0 aliphatic heterocycles. The SMILES string of the molecule is CC(C)Cn1cnc2c(N)nc3ccccc3c21.CCOCc1nc2c(N)nc3ccccc3c2n1CC(C)(C)O. The van der Waals surface area contributed by atoms with Gasteiger partial charge in [0.15, 0.2) is 11.6 Å². The van der Waals surface area contributed by atoms with Gasteiger partial charge in [-0.25, -0.2) is 19.9 Å². The summed E-state index contributed by atoms with van der Waals surface area (Å²) in [6, 6.07) is 15.9. The predicted octanol–water partition coefficient (Wildman–Crippen LogP) is 5.30. The third kappa shape index (κ3) is 5.79. The first kappa shape index (κ1) is 28.3. The number of aromatic nitrogens is 6. The number of imidazole rings is 2. The van der Waals surface area contributed by atoms with Gasteiger partial charge in [-0.2, -0.15) is 0 Å². The molecule has 6 rings (SSSR count). The molecule has 4 heterocycles. The topological polar surface area (TPSA) is 143 Å². The lowest BCUT2D eigenvalue weighted by Gasteiger charge is -2.20. The second-order valence-corrected chi connectivity index (χ2v) is 11.3. The van der Waals surface area contributed by atoms with Gasteiger partial charge in [-0.15, -0.1) is 0 Å². The first-order valence-corrected chi connectivity index (χ1v) is 13.9. The van der Waals surface area contributed by atoms with Gasteiger partial charge >= 0.3 is 0 Å². The first-order chi connectivity index (χ1) is 19.6. The zero-order chi connectivity index (χ0) is 29.3. The molecule has 0 bridgehead atoms. The molecule has 0 unspecified atom stereocenters. The van der Waals surface area contributed by atoms with Crippen molar-refractivity contribution in [3.63, 3.8) is 0 Å². The smallest absolute Gasteiger partial charge is 0.152 e. The number of para-hydroxylation sites is 2. The molecule has 4 aromatic heterocycles. The fourth-order valence-corrected chi connectivity index (χ4v) is 5.10. The number of ether oxygens (including phenoxy) is 1. The van der Waals surface area contributed by atoms with E-state index >= 15 is 0 Å². The van der Waals surface area contributed by atoms with E-state index in [9.17, 15) is 5.11 Å². The van der Waals surface area contributed by atoms with Crippen LogP contribution in [0.25, 0.3) is 43.9 Å². The van der Waals surface area contributed by atoms with Crippen molar-refractivity contribution in [3.8, 4) is 0 Å². The molecule has 0 saturated heterocycles. The van der Waals surface area contributed by atoms with Crippen molar-refractivity contribution in [2.45, 2.75) is 59.9 Å². The summed E-state index contributed by atoms with van der Waals surface area (Å²) in [5, 5.41) is 12.4. The van der Waals surface area contributed by atoms with Gasteiger partial charge in [0, 0.05) is 23.9 Å². The van der Waals surface area contributed by atoms with E-state index in [2.05, 4.69) is 44.4 Å². The van der Waals surface area contributed by atoms with E-state index in [0.717, 1.165) is 50.7 Å². The highest BCUT2D eigenvalue weighted by molar-refractivity contribution is 6.07. The molecule has 0 spiro atoms. The predicted molar refractivity (Wildman–Crippen MR) is 165 cm³/mol. The van der Waals surface area contributed by atoms with Crippen molar-refractivity contribution >= 4 is 55.5 Å². The standard InChI is InChI=1S/C17H22N4O2.C14H16N4/c1-4-23-9-13-20-14-15(21(13)10-17(2,3)22)11-7-5-6-8-12(11)19-16(14)18;1-9(2)7-18-8-16-12-13(18)10-5-3-4-6-11(10)17-14(12)15/h5-8,22H,4,9-10H2,1-3H3,(H2,18,19);3-6,8-9H,7H2,1-2H3,(H2,15,17). The minimum absolute atomic E-state index is 0.370. The number of nitrogen functional groups attached to an aromatic ring is 2. The third-order valence-electron chi connectivity index (χ3n) is 6.71. The average Bonchev–Trinajstić information content (AvgIpc) is 3.49. The number of nitrogens with two attached hydrogens (primary N) is 2. The molecule has 0 radical (unpaired) electrons. The van der Waals surface area contributed by atoms with E-state index in [0.29, 0.717) is 42.8 Å². The quantitative estimate of drug-likeness (QED) is 0.241. The normalized spacial score (nSPS) is 12.1. The van der Waals surface area contributed by atoms with Crippen LogP contribution in [0.2, 0.25) is 0 Å². The summed E-state index contributed by atoms with van der Waals surface area (Å²) in [7, 11) is 0. The summed E-state index contributed by atoms with van der Waals surface area (Å²) in [6.45, 7) is 12.2. The fourth-order valence-electron chi connectivity index (χ4n) is 5.10. The lowest BCUT2D eigenvalue weighted by atomic mass is 10.1. The molecule has 10 heteroatoms. The fraction of sp³-hybridized carbons (Fsp3) is 0.355. The second-order valence-electron chi connectivity index (χ2n) is 11.3. The Kier molecular flexibility index (Phi) is 7.79. The van der Waals surface area contributed by atoms with Crippen LogP contribution in [0.3, 0.4) is 0 Å². The third-order valence-corrected chi connectivity index (χ3v) is 6.71. The Bertz CT molecular complexity index is 1830. The highest BCUT2D eigenvalue weighted by Crippen LogP contribution is 2.30. The van der Waals surface area contributed by atoms with Crippen molar-refractivity contribution in [1.29, 1.82) is 0 Å². The summed E-state index contributed by atoms with van der Waals surface area (Å²) in [6.07, 6.45) is 1.86. The van der Waals surface area contributed by atoms with Gasteiger partial charge < -0.3 is 30.4 Å². The van der Waals surface area contributed by atoms with Gasteiger partial charge in [0.25, 0.3) is 0 Å². The number of rotatable bonds is 7. The molecule has 5 N–H and O–H groups in total. The van der Waals surface area contributed by atoms with Crippen LogP contribution in [0.1, 0.15) is 40.4 Å². The molecule has 2 aromatic carbocycles. The lowest BCUT2D eigenvalue weighted by Crippen LogP contribution is -2.27. The maximum Gasteiger partial charge on any atom is 0.152 e. The number of anilines is 2. The van der Waals surface area contributed by atoms with Gasteiger partial charge in [-0.1, -0.05) is 50.2 Å². The number of aliphatic hydroxyl groups is 1. The number of pyridine rings is 2. The van der Waals surface area contributed by atoms with Gasteiger partial charge in [0.2, 0.25) is 0 Å². The van der Waals surface area contributed by atoms with E-state index in [-0.39, 0.29) is 0 Å². The lowest BCUT2D eigenvalue weighted by molar-refractivity contribution is 0.0582. The van der Waals surface area contributed by atoms with Crippen LogP contribution in [0, 0.1) is 5.92 Å². The number of benzene rings is 2. The molecule has 214 valence electrons. The van der Waals surface area contributed by atoms with Crippen LogP contribution in [0.5, 0.6) is 0 Å². The van der Waals surface area contributed by atoms with Crippen LogP contribution in [0.4, 0.5) is 11.6 Å². The van der Waals surface area contributed by atoms with Crippen molar-refractivity contribution in [3.05, 3.63) is 60.7 Å². The highest BCUT2D eigenvalue weighted by atomic mass is 16.5. The van der Waals surface area contributed by atoms with E-state index in [4.69, 9.17) is 16.2 Å². The van der Waals surface area contributed by atoms with Gasteiger partial charge in [0.05, 0.1) is 40.5 Å². The van der Waals surface area contributed by atoms with Gasteiger partial charge in [0.1, 0.15) is 23.5 Å². The number of nitrogens with zero attached hydrogens (tertiary/aromatic N) is 6. The molecular formula is C31H38N8O2. The maximum atomic E-state index is 10.3. The Morgan fingerprint density at radius 3 is 2.05 bits per heavy atom. The van der Waals surface area contributed by atoms with Crippen molar-refractivity contribution in [1.82, 2.24) is 29.1 Å². The van der Waals surface area contributed by atoms with E-state index in [1.807, 2.05) is 60.3 Å². The summed E-state index contributed by atoms with van der Waals surface area (Å²) in [5.41, 5.74) is 16.4. The molecule has 0 aliphatic rings. The minimum Gasteiger partial charge on any atom is -0.389 e. The first-order valence-electron chi connectivity index (χ1n) is 13.9. The number of hydrogen-bond donors (Lipinski definition) is 3. The Balaban J connectivity index is 0.000000169. The van der Waals surface area contributed by atoms with Crippen LogP contribution in [0.15, 0.2) is 54.9 Å². The molecule has 0 fully saturated rings. The maximum absolute atomic E-state index is 10.3. The molecule has 0 amide bonds. The Morgan fingerprint density at radius 2 is 1.46 bits per heavy atom. The summed E-state index contributed by atoms with van der Waals surface area (Å²) in [4.78, 5) is 17.9. The molecule has 0 aliphatic carbocycles. The summed E-state index contributed by atoms with van der Waals surface area (Å²) >= 11 is 0. The van der Waals surface area contributed by atoms with Crippen LogP contribution in [-0.4, -0.2) is 46.4 Å². The van der Waals surface area contributed by atoms with E-state index < -0.39 is 5.60 Å². The van der Waals surface area contributed by atoms with E-state index in [1.165, 1.54) is 0 Å². The molecule has 10 nitrogen and oxygen atoms in total. The molecule has 41 heavy (non-hydrogen) atoms. The second kappa shape index (κ2) is 11.3. The van der Waals surface area contributed by atoms with Gasteiger partial charge in [-0.3, -0.25) is 0 Å². The van der Waals surface area contributed by atoms with Crippen LogP contribution in [-0.2, 0) is 24.4 Å². The number of hydrogen-bond acceptors (Lipinski definition) is 8. The average molecular weight is 555 g/mol. The zero-order valence-electron chi connectivity index (χ0n) is 24.3. The number of fused-ring (bicyclic) bond motifs is 6. The minimum atomic E-state index is -0.881. The largest absolute Gasteiger partial charge is 0.389 e. The van der Waals surface area contributed by atoms with Crippen LogP contribution < -0.4 is 11.5 Å². The monoisotopic (exact) mass is 554 g/mol. The zero-order valence-corrected chi connectivity index (χ0v) is 24.3. The molecule has 0 atom stereocenters. The van der Waals surface area contributed by atoms with Crippen molar-refractivity contribution in [2.75, 3.05) is 18.1 Å². The van der Waals surface area contributed by atoms with Gasteiger partial charge in [-0.05, 0) is 38.8 Å². The van der Waals surface area contributed by atoms with E-state index in [1.54, 1.807) is 13.8 Å². The Labute approximate surface area is 239 Å². The molecule has 6 aromatic rings. The Hall–Kier alpha value is -4.28. The Morgan fingerprint density at radius 1 is 0.878 bits per heavy atom. The molecular weight excluding hydrogens is 516 g/mol. The van der Waals surface area contributed by atoms with Crippen LogP contribution >= 0.6 is 0 Å². The van der Waals surface area contributed by atoms with Crippen molar-refractivity contribution in [2.24, 2.45) is 5.92 Å². The van der Waals surface area contributed by atoms with Crippen molar-refractivity contribution < 1.29 is 9.84 Å². The summed E-state index contributed by atoms with van der Waals surface area (Å²) < 4.78 is 9.69.